The quantitative estimate of drug-likeness (QED) is 0.427. The minimum absolute atomic E-state index is 0.0168. The number of likely N-dealkylation sites (tertiary alicyclic amines) is 1. The highest BCUT2D eigenvalue weighted by atomic mass is 32.2. The highest BCUT2D eigenvalue weighted by Crippen LogP contribution is 2.66. The molecule has 1 aromatic carbocycles. The predicted octanol–water partition coefficient (Wildman–Crippen LogP) is 2.86. The number of fused-ring (bicyclic) bond motifs is 1. The molecule has 0 aromatic heterocycles. The van der Waals surface area contributed by atoms with Crippen LogP contribution >= 0.6 is 11.8 Å². The van der Waals surface area contributed by atoms with Gasteiger partial charge in [-0.2, -0.15) is 0 Å². The van der Waals surface area contributed by atoms with Crippen molar-refractivity contribution in [2.24, 2.45) is 11.8 Å². The number of ether oxygens (including phenoxy) is 1. The van der Waals surface area contributed by atoms with E-state index in [2.05, 4.69) is 6.58 Å². The zero-order chi connectivity index (χ0) is 24.6. The number of amides is 2. The van der Waals surface area contributed by atoms with Gasteiger partial charge < -0.3 is 19.6 Å². The minimum atomic E-state index is -0.703. The predicted molar refractivity (Wildman–Crippen MR) is 133 cm³/mol. The van der Waals surface area contributed by atoms with Crippen LogP contribution in [0.25, 0.3) is 0 Å². The zero-order valence-electron chi connectivity index (χ0n) is 20.2. The maximum Gasteiger partial charge on any atom is 0.310 e. The molecule has 0 radical (unpaired) electrons. The second-order valence-electron chi connectivity index (χ2n) is 9.44. The Kier molecular flexibility index (Phi) is 7.10. The maximum absolute atomic E-state index is 14.3. The molecule has 3 fully saturated rings. The van der Waals surface area contributed by atoms with Crippen molar-refractivity contribution in [3.8, 4) is 0 Å². The molecule has 2 unspecified atom stereocenters. The van der Waals surface area contributed by atoms with E-state index in [4.69, 9.17) is 4.74 Å². The number of aliphatic hydroxyl groups excluding tert-OH is 1. The first-order valence-electron chi connectivity index (χ1n) is 12.1. The molecule has 7 nitrogen and oxygen atoms in total. The first-order valence-corrected chi connectivity index (χ1v) is 12.9. The van der Waals surface area contributed by atoms with Crippen molar-refractivity contribution < 1.29 is 24.2 Å². The number of benzene rings is 1. The second-order valence-corrected chi connectivity index (χ2v) is 11.0. The summed E-state index contributed by atoms with van der Waals surface area (Å²) in [5, 5.41) is 9.48. The summed E-state index contributed by atoms with van der Waals surface area (Å²) in [5.41, 5.74) is 2.81. The number of anilines is 1. The molecule has 1 spiro atoms. The Hall–Kier alpha value is -2.32. The molecule has 184 valence electrons. The van der Waals surface area contributed by atoms with Gasteiger partial charge in [0.05, 0.1) is 23.2 Å². The van der Waals surface area contributed by atoms with Crippen LogP contribution in [0.2, 0.25) is 0 Å². The van der Waals surface area contributed by atoms with Crippen molar-refractivity contribution in [2.75, 3.05) is 31.2 Å². The van der Waals surface area contributed by atoms with Gasteiger partial charge in [-0.3, -0.25) is 14.4 Å². The van der Waals surface area contributed by atoms with Crippen LogP contribution in [0.3, 0.4) is 0 Å². The third-order valence-electron chi connectivity index (χ3n) is 7.38. The molecule has 1 N–H and O–H groups in total. The van der Waals surface area contributed by atoms with Gasteiger partial charge in [0.1, 0.15) is 6.04 Å². The number of hydrogen-bond donors (Lipinski definition) is 1. The average Bonchev–Trinajstić information content (AvgIpc) is 3.45. The largest absolute Gasteiger partial charge is 0.466 e. The van der Waals surface area contributed by atoms with E-state index in [1.54, 1.807) is 34.6 Å². The van der Waals surface area contributed by atoms with Crippen LogP contribution in [0.15, 0.2) is 30.9 Å². The van der Waals surface area contributed by atoms with E-state index >= 15 is 0 Å². The van der Waals surface area contributed by atoms with E-state index in [-0.39, 0.29) is 42.8 Å². The fourth-order valence-electron chi connectivity index (χ4n) is 6.01. The van der Waals surface area contributed by atoms with Crippen LogP contribution in [0, 0.1) is 25.7 Å². The van der Waals surface area contributed by atoms with Crippen molar-refractivity contribution in [1.29, 1.82) is 0 Å². The fraction of sp³-hybridized carbons (Fsp3) is 0.577. The van der Waals surface area contributed by atoms with E-state index in [9.17, 15) is 19.5 Å². The molecule has 1 aromatic rings. The third kappa shape index (κ3) is 3.85. The molecule has 34 heavy (non-hydrogen) atoms. The standard InChI is InChI=1S/C26H34N2O5S/c1-5-12-27(18-15-16(3)8-9-17(18)4)24(31)22-26-11-10-19(34-26)20(25(32)33-6-2)21(26)23(30)28(22)13-7-14-29/h5,8-9,15,19-22,29H,1,6-7,10-14H2,2-4H3/t19-,20+,21+,22?,26?/m1/s1. The van der Waals surface area contributed by atoms with Gasteiger partial charge in [0.2, 0.25) is 5.91 Å². The van der Waals surface area contributed by atoms with Crippen molar-refractivity contribution in [3.63, 3.8) is 0 Å². The lowest BCUT2D eigenvalue weighted by Gasteiger charge is -2.37. The van der Waals surface area contributed by atoms with Crippen molar-refractivity contribution >= 4 is 35.2 Å². The molecule has 8 heteroatoms. The monoisotopic (exact) mass is 486 g/mol. The summed E-state index contributed by atoms with van der Waals surface area (Å²) in [6, 6.07) is 5.28. The lowest BCUT2D eigenvalue weighted by Crippen LogP contribution is -2.55. The Morgan fingerprint density at radius 2 is 2.15 bits per heavy atom. The summed E-state index contributed by atoms with van der Waals surface area (Å²) in [6.45, 7) is 10.4. The summed E-state index contributed by atoms with van der Waals surface area (Å²) in [6.07, 6.45) is 3.56. The highest BCUT2D eigenvalue weighted by Gasteiger charge is 2.74. The number of thioether (sulfide) groups is 1. The molecule has 2 amide bonds. The minimum Gasteiger partial charge on any atom is -0.466 e. The lowest BCUT2D eigenvalue weighted by atomic mass is 9.71. The van der Waals surface area contributed by atoms with Crippen molar-refractivity contribution in [2.45, 2.75) is 56.1 Å². The molecular formula is C26H34N2O5S. The first-order chi connectivity index (χ1) is 16.3. The highest BCUT2D eigenvalue weighted by molar-refractivity contribution is 8.02. The van der Waals surface area contributed by atoms with Crippen LogP contribution in [-0.2, 0) is 19.1 Å². The average molecular weight is 487 g/mol. The fourth-order valence-corrected chi connectivity index (χ4v) is 8.22. The van der Waals surface area contributed by atoms with Crippen LogP contribution in [0.4, 0.5) is 5.69 Å². The smallest absolute Gasteiger partial charge is 0.310 e. The number of carbonyl (C=O) groups excluding carboxylic acids is 3. The van der Waals surface area contributed by atoms with Crippen LogP contribution in [0.5, 0.6) is 0 Å². The molecular weight excluding hydrogens is 452 g/mol. The number of aryl methyl sites for hydroxylation is 2. The van der Waals surface area contributed by atoms with E-state index in [1.165, 1.54) is 0 Å². The zero-order valence-corrected chi connectivity index (χ0v) is 21.0. The second kappa shape index (κ2) is 9.74. The first kappa shape index (κ1) is 24.8. The van der Waals surface area contributed by atoms with Crippen LogP contribution in [0.1, 0.15) is 37.3 Å². The Balaban J connectivity index is 1.78. The van der Waals surface area contributed by atoms with Gasteiger partial charge >= 0.3 is 5.97 Å². The van der Waals surface area contributed by atoms with Gasteiger partial charge in [-0.1, -0.05) is 18.2 Å². The Morgan fingerprint density at radius 1 is 1.38 bits per heavy atom. The molecule has 5 atom stereocenters. The molecule has 3 heterocycles. The van der Waals surface area contributed by atoms with Gasteiger partial charge in [-0.15, -0.1) is 18.3 Å². The summed E-state index contributed by atoms with van der Waals surface area (Å²) in [5.74, 6) is -1.77. The van der Waals surface area contributed by atoms with E-state index in [1.807, 2.05) is 32.0 Å². The van der Waals surface area contributed by atoms with Crippen LogP contribution in [-0.4, -0.2) is 70.1 Å². The van der Waals surface area contributed by atoms with E-state index < -0.39 is 22.6 Å². The van der Waals surface area contributed by atoms with Gasteiger partial charge in [0.15, 0.2) is 0 Å². The number of carbonyl (C=O) groups is 3. The van der Waals surface area contributed by atoms with Gasteiger partial charge in [0.25, 0.3) is 5.91 Å². The number of rotatable bonds is 9. The van der Waals surface area contributed by atoms with Gasteiger partial charge in [0, 0.05) is 30.6 Å². The SMILES string of the molecule is C=CCN(C(=O)C1N(CCCO)C(=O)[C@@H]2[C@@H](C(=O)OCC)[C@H]3CCC12S3)c1cc(C)ccc1C. The van der Waals surface area contributed by atoms with Gasteiger partial charge in [-0.25, -0.2) is 0 Å². The summed E-state index contributed by atoms with van der Waals surface area (Å²) in [7, 11) is 0. The summed E-state index contributed by atoms with van der Waals surface area (Å²) in [4.78, 5) is 44.4. The number of nitrogens with zero attached hydrogens (tertiary/aromatic N) is 2. The van der Waals surface area contributed by atoms with Crippen molar-refractivity contribution in [3.05, 3.63) is 42.0 Å². The Morgan fingerprint density at radius 3 is 2.82 bits per heavy atom. The molecule has 3 saturated heterocycles. The van der Waals surface area contributed by atoms with Crippen molar-refractivity contribution in [1.82, 2.24) is 4.90 Å². The molecule has 2 bridgehead atoms. The molecule has 0 aliphatic carbocycles. The van der Waals surface area contributed by atoms with Gasteiger partial charge in [-0.05, 0) is 57.2 Å². The Labute approximate surface area is 205 Å². The normalized spacial score (nSPS) is 29.3. The molecule has 0 saturated carbocycles. The molecule has 3 aliphatic rings. The number of aliphatic hydroxyl groups is 1. The topological polar surface area (TPSA) is 87.2 Å². The maximum atomic E-state index is 14.3. The summed E-state index contributed by atoms with van der Waals surface area (Å²) < 4.78 is 4.69. The van der Waals surface area contributed by atoms with Crippen LogP contribution < -0.4 is 4.90 Å². The van der Waals surface area contributed by atoms with E-state index in [0.29, 0.717) is 19.4 Å². The number of hydrogen-bond acceptors (Lipinski definition) is 6. The molecule has 3 aliphatic heterocycles. The number of esters is 1. The molecule has 4 rings (SSSR count). The third-order valence-corrected chi connectivity index (χ3v) is 9.33. The van der Waals surface area contributed by atoms with E-state index in [0.717, 1.165) is 23.2 Å². The summed E-state index contributed by atoms with van der Waals surface area (Å²) >= 11 is 1.63. The Bertz CT molecular complexity index is 997. The lowest BCUT2D eigenvalue weighted by molar-refractivity contribution is -0.153.